The molecular weight excluding hydrogens is 316 g/mol. The zero-order valence-corrected chi connectivity index (χ0v) is 14.1. The molecule has 0 radical (unpaired) electrons. The molecule has 0 heterocycles. The molecule has 2 aromatic carbocycles. The lowest BCUT2D eigenvalue weighted by Gasteiger charge is -2.26. The number of hydrogen-bond donors (Lipinski definition) is 0. The molecule has 1 fully saturated rings. The Morgan fingerprint density at radius 3 is 2.20 bits per heavy atom. The Labute approximate surface area is 146 Å². The predicted octanol–water partition coefficient (Wildman–Crippen LogP) is 3.14. The van der Waals surface area contributed by atoms with Crippen LogP contribution in [0.4, 0.5) is 0 Å². The minimum Gasteiger partial charge on any atom is -0.496 e. The number of ether oxygens (including phenoxy) is 1. The molecule has 25 heavy (non-hydrogen) atoms. The molecule has 0 unspecified atom stereocenters. The van der Waals surface area contributed by atoms with Crippen molar-refractivity contribution in [3.8, 4) is 5.75 Å². The minimum atomic E-state index is -1.13. The van der Waals surface area contributed by atoms with Crippen LogP contribution in [0.1, 0.15) is 29.9 Å². The Bertz CT molecular complexity index is 777. The van der Waals surface area contributed by atoms with Crippen molar-refractivity contribution in [3.63, 3.8) is 0 Å². The summed E-state index contributed by atoms with van der Waals surface area (Å²) in [6.45, 7) is 0. The molecule has 0 aromatic heterocycles. The molecule has 1 saturated carbocycles. The Balaban J connectivity index is 1.74. The summed E-state index contributed by atoms with van der Waals surface area (Å²) in [6.07, 6.45) is 0.498. The smallest absolute Gasteiger partial charge is 0.155 e. The van der Waals surface area contributed by atoms with E-state index in [0.29, 0.717) is 11.3 Å². The highest BCUT2D eigenvalue weighted by Crippen LogP contribution is 2.33. The van der Waals surface area contributed by atoms with Crippen LogP contribution in [-0.4, -0.2) is 24.5 Å². The second-order valence-electron chi connectivity index (χ2n) is 6.34. The maximum absolute atomic E-state index is 12.6. The van der Waals surface area contributed by atoms with Gasteiger partial charge in [0.2, 0.25) is 0 Å². The Hall–Kier alpha value is -2.75. The number of ketones is 3. The van der Waals surface area contributed by atoms with Crippen LogP contribution >= 0.6 is 0 Å². The summed E-state index contributed by atoms with van der Waals surface area (Å²) in [5.74, 6) is -1.56. The first-order valence-corrected chi connectivity index (χ1v) is 8.35. The van der Waals surface area contributed by atoms with Crippen molar-refractivity contribution < 1.29 is 19.1 Å². The number of hydrogen-bond acceptors (Lipinski definition) is 4. The summed E-state index contributed by atoms with van der Waals surface area (Å²) in [4.78, 5) is 37.6. The van der Waals surface area contributed by atoms with Crippen molar-refractivity contribution in [2.75, 3.05) is 7.11 Å². The van der Waals surface area contributed by atoms with Crippen LogP contribution in [0.15, 0.2) is 54.6 Å². The molecule has 0 bridgehead atoms. The maximum Gasteiger partial charge on any atom is 0.155 e. The van der Waals surface area contributed by atoms with Gasteiger partial charge in [-0.1, -0.05) is 48.5 Å². The van der Waals surface area contributed by atoms with Gasteiger partial charge in [0.15, 0.2) is 17.3 Å². The molecule has 0 N–H and O–H groups in total. The largest absolute Gasteiger partial charge is 0.496 e. The van der Waals surface area contributed by atoms with Crippen molar-refractivity contribution in [1.29, 1.82) is 0 Å². The average Bonchev–Trinajstić information content (AvgIpc) is 2.62. The highest BCUT2D eigenvalue weighted by molar-refractivity contribution is 6.21. The van der Waals surface area contributed by atoms with E-state index in [0.717, 1.165) is 5.56 Å². The minimum absolute atomic E-state index is 0.0299. The monoisotopic (exact) mass is 336 g/mol. The first-order valence-electron chi connectivity index (χ1n) is 8.35. The summed E-state index contributed by atoms with van der Waals surface area (Å²) in [5, 5.41) is 0. The highest BCUT2D eigenvalue weighted by atomic mass is 16.5. The van der Waals surface area contributed by atoms with Gasteiger partial charge < -0.3 is 4.74 Å². The molecule has 4 heteroatoms. The molecule has 1 aliphatic rings. The number of methoxy groups -OCH3 is 1. The SMILES string of the molecule is COc1ccccc1CC(=O)C1C(=O)CC(c2ccccc2)CC1=O. The third kappa shape index (κ3) is 3.68. The van der Waals surface area contributed by atoms with Crippen LogP contribution in [0.25, 0.3) is 0 Å². The van der Waals surface area contributed by atoms with E-state index in [1.807, 2.05) is 36.4 Å². The van der Waals surface area contributed by atoms with Crippen molar-refractivity contribution in [2.24, 2.45) is 5.92 Å². The summed E-state index contributed by atoms with van der Waals surface area (Å²) in [5.41, 5.74) is 1.67. The number of Topliss-reactive ketones (excluding diaryl/α,β-unsaturated/α-hetero) is 3. The molecular formula is C21H20O4. The lowest BCUT2D eigenvalue weighted by molar-refractivity contribution is -0.142. The third-order valence-corrected chi connectivity index (χ3v) is 4.69. The van der Waals surface area contributed by atoms with Gasteiger partial charge in [0, 0.05) is 24.8 Å². The van der Waals surface area contributed by atoms with Crippen molar-refractivity contribution in [2.45, 2.75) is 25.2 Å². The first-order chi connectivity index (χ1) is 12.1. The van der Waals surface area contributed by atoms with Crippen molar-refractivity contribution in [1.82, 2.24) is 0 Å². The van der Waals surface area contributed by atoms with Gasteiger partial charge in [0.1, 0.15) is 11.7 Å². The van der Waals surface area contributed by atoms with E-state index in [4.69, 9.17) is 4.74 Å². The molecule has 3 rings (SSSR count). The van der Waals surface area contributed by atoms with E-state index in [1.54, 1.807) is 18.2 Å². The molecule has 2 aromatic rings. The van der Waals surface area contributed by atoms with Gasteiger partial charge in [-0.2, -0.15) is 0 Å². The Morgan fingerprint density at radius 2 is 1.56 bits per heavy atom. The average molecular weight is 336 g/mol. The van der Waals surface area contributed by atoms with E-state index >= 15 is 0 Å². The molecule has 0 saturated heterocycles. The fourth-order valence-corrected chi connectivity index (χ4v) is 3.43. The van der Waals surface area contributed by atoms with Gasteiger partial charge in [0.05, 0.1) is 7.11 Å². The summed E-state index contributed by atoms with van der Waals surface area (Å²) in [7, 11) is 1.53. The van der Waals surface area contributed by atoms with Crippen LogP contribution in [-0.2, 0) is 20.8 Å². The zero-order chi connectivity index (χ0) is 17.8. The summed E-state index contributed by atoms with van der Waals surface area (Å²) >= 11 is 0. The topological polar surface area (TPSA) is 60.4 Å². The quantitative estimate of drug-likeness (QED) is 0.787. The van der Waals surface area contributed by atoms with Crippen LogP contribution in [0.2, 0.25) is 0 Å². The number of benzene rings is 2. The second-order valence-corrected chi connectivity index (χ2v) is 6.34. The molecule has 4 nitrogen and oxygen atoms in total. The highest BCUT2D eigenvalue weighted by Gasteiger charge is 2.40. The lowest BCUT2D eigenvalue weighted by atomic mass is 9.74. The number of carbonyl (C=O) groups excluding carboxylic acids is 3. The van der Waals surface area contributed by atoms with Gasteiger partial charge in [-0.3, -0.25) is 14.4 Å². The fourth-order valence-electron chi connectivity index (χ4n) is 3.43. The lowest BCUT2D eigenvalue weighted by Crippen LogP contribution is -2.38. The standard InChI is InChI=1S/C21H20O4/c1-25-20-10-6-5-9-15(20)11-17(22)21-18(23)12-16(13-19(21)24)14-7-3-2-4-8-14/h2-10,16,21H,11-13H2,1H3. The van der Waals surface area contributed by atoms with E-state index in [9.17, 15) is 14.4 Å². The van der Waals surface area contributed by atoms with Crippen LogP contribution < -0.4 is 4.74 Å². The van der Waals surface area contributed by atoms with E-state index in [1.165, 1.54) is 7.11 Å². The Kier molecular flexibility index (Phi) is 5.08. The van der Waals surface area contributed by atoms with Crippen LogP contribution in [0.3, 0.4) is 0 Å². The van der Waals surface area contributed by atoms with Gasteiger partial charge >= 0.3 is 0 Å². The molecule has 0 aliphatic heterocycles. The Morgan fingerprint density at radius 1 is 0.960 bits per heavy atom. The molecule has 0 amide bonds. The summed E-state index contributed by atoms with van der Waals surface area (Å²) < 4.78 is 5.24. The molecule has 1 aliphatic carbocycles. The first kappa shape index (κ1) is 17.1. The van der Waals surface area contributed by atoms with Gasteiger partial charge in [-0.05, 0) is 17.5 Å². The van der Waals surface area contributed by atoms with Gasteiger partial charge in [0.25, 0.3) is 0 Å². The second kappa shape index (κ2) is 7.43. The molecule has 128 valence electrons. The normalized spacial score (nSPS) is 20.4. The van der Waals surface area contributed by atoms with Crippen molar-refractivity contribution >= 4 is 17.3 Å². The van der Waals surface area contributed by atoms with Crippen LogP contribution in [0, 0.1) is 5.92 Å². The number of para-hydroxylation sites is 1. The van der Waals surface area contributed by atoms with E-state index in [-0.39, 0.29) is 42.5 Å². The third-order valence-electron chi connectivity index (χ3n) is 4.69. The predicted molar refractivity (Wildman–Crippen MR) is 93.6 cm³/mol. The maximum atomic E-state index is 12.6. The molecule has 0 atom stereocenters. The number of carbonyl (C=O) groups is 3. The molecule has 0 spiro atoms. The number of rotatable bonds is 5. The van der Waals surface area contributed by atoms with Crippen LogP contribution in [0.5, 0.6) is 5.75 Å². The zero-order valence-electron chi connectivity index (χ0n) is 14.1. The van der Waals surface area contributed by atoms with Crippen molar-refractivity contribution in [3.05, 3.63) is 65.7 Å². The summed E-state index contributed by atoms with van der Waals surface area (Å²) in [6, 6.07) is 16.7. The fraction of sp³-hybridized carbons (Fsp3) is 0.286. The van der Waals surface area contributed by atoms with E-state index in [2.05, 4.69) is 0 Å². The van der Waals surface area contributed by atoms with Gasteiger partial charge in [-0.15, -0.1) is 0 Å². The van der Waals surface area contributed by atoms with Gasteiger partial charge in [-0.25, -0.2) is 0 Å². The van der Waals surface area contributed by atoms with E-state index < -0.39 is 5.92 Å².